The van der Waals surface area contributed by atoms with Crippen molar-refractivity contribution >= 4 is 0 Å². The van der Waals surface area contributed by atoms with Crippen LogP contribution < -0.4 is 10.1 Å². The summed E-state index contributed by atoms with van der Waals surface area (Å²) in [5.74, 6) is 0.915. The van der Waals surface area contributed by atoms with Crippen molar-refractivity contribution in [1.82, 2.24) is 15.1 Å². The van der Waals surface area contributed by atoms with Gasteiger partial charge in [-0.3, -0.25) is 4.68 Å². The minimum atomic E-state index is 0.319. The van der Waals surface area contributed by atoms with Crippen LogP contribution in [0.2, 0.25) is 0 Å². The molecule has 19 heavy (non-hydrogen) atoms. The highest BCUT2D eigenvalue weighted by molar-refractivity contribution is 5.28. The summed E-state index contributed by atoms with van der Waals surface area (Å²) in [6.45, 7) is 3.09. The number of nitrogens with one attached hydrogen (secondary N) is 1. The Balaban J connectivity index is 1.82. The summed E-state index contributed by atoms with van der Waals surface area (Å²) in [5, 5.41) is 7.69. The minimum Gasteiger partial charge on any atom is -0.497 e. The maximum atomic E-state index is 5.22. The second-order valence-corrected chi connectivity index (χ2v) is 4.72. The molecule has 1 aromatic carbocycles. The second kappa shape index (κ2) is 6.38. The van der Waals surface area contributed by atoms with Gasteiger partial charge in [-0.2, -0.15) is 5.10 Å². The second-order valence-electron chi connectivity index (χ2n) is 4.72. The van der Waals surface area contributed by atoms with E-state index in [1.165, 1.54) is 11.1 Å². The normalized spacial score (nSPS) is 12.4. The van der Waals surface area contributed by atoms with Crippen LogP contribution >= 0.6 is 0 Å². The van der Waals surface area contributed by atoms with Gasteiger partial charge < -0.3 is 10.1 Å². The Morgan fingerprint density at radius 1 is 1.42 bits per heavy atom. The van der Waals surface area contributed by atoms with E-state index in [4.69, 9.17) is 4.74 Å². The Labute approximate surface area is 114 Å². The molecule has 0 aliphatic heterocycles. The van der Waals surface area contributed by atoms with Crippen LogP contribution in [0.25, 0.3) is 0 Å². The maximum Gasteiger partial charge on any atom is 0.119 e. The molecule has 0 radical (unpaired) electrons. The minimum absolute atomic E-state index is 0.319. The van der Waals surface area contributed by atoms with Crippen molar-refractivity contribution < 1.29 is 4.74 Å². The predicted octanol–water partition coefficient (Wildman–Crippen LogP) is 2.32. The average molecular weight is 259 g/mol. The van der Waals surface area contributed by atoms with Crippen LogP contribution in [0, 0.1) is 0 Å². The fourth-order valence-corrected chi connectivity index (χ4v) is 2.04. The number of benzene rings is 1. The van der Waals surface area contributed by atoms with E-state index in [2.05, 4.69) is 29.5 Å². The molecule has 0 saturated heterocycles. The highest BCUT2D eigenvalue weighted by atomic mass is 16.5. The molecule has 2 aromatic rings. The van der Waals surface area contributed by atoms with Crippen molar-refractivity contribution in [2.45, 2.75) is 19.4 Å². The van der Waals surface area contributed by atoms with Gasteiger partial charge in [-0.05, 0) is 37.6 Å². The monoisotopic (exact) mass is 259 g/mol. The van der Waals surface area contributed by atoms with Crippen molar-refractivity contribution in [3.63, 3.8) is 0 Å². The van der Waals surface area contributed by atoms with Gasteiger partial charge in [0.15, 0.2) is 0 Å². The van der Waals surface area contributed by atoms with Crippen molar-refractivity contribution in [3.8, 4) is 5.75 Å². The highest BCUT2D eigenvalue weighted by Gasteiger charge is 2.06. The molecule has 0 aliphatic carbocycles. The van der Waals surface area contributed by atoms with E-state index in [9.17, 15) is 0 Å². The Hall–Kier alpha value is -1.81. The molecule has 0 fully saturated rings. The van der Waals surface area contributed by atoms with Gasteiger partial charge in [0.05, 0.1) is 13.3 Å². The Morgan fingerprint density at radius 3 is 2.95 bits per heavy atom. The first-order valence-electron chi connectivity index (χ1n) is 6.54. The number of methoxy groups -OCH3 is 1. The van der Waals surface area contributed by atoms with Crippen molar-refractivity contribution in [2.24, 2.45) is 7.05 Å². The number of ether oxygens (including phenoxy) is 1. The number of hydrogen-bond acceptors (Lipinski definition) is 3. The molecule has 1 aromatic heterocycles. The van der Waals surface area contributed by atoms with Gasteiger partial charge in [0.25, 0.3) is 0 Å². The lowest BCUT2D eigenvalue weighted by molar-refractivity contribution is 0.414. The van der Waals surface area contributed by atoms with E-state index < -0.39 is 0 Å². The van der Waals surface area contributed by atoms with Crippen LogP contribution in [0.3, 0.4) is 0 Å². The zero-order valence-corrected chi connectivity index (χ0v) is 11.8. The molecule has 1 unspecified atom stereocenters. The average Bonchev–Trinajstić information content (AvgIpc) is 2.86. The summed E-state index contributed by atoms with van der Waals surface area (Å²) in [6.07, 6.45) is 4.94. The quantitative estimate of drug-likeness (QED) is 0.865. The molecule has 1 atom stereocenters. The smallest absolute Gasteiger partial charge is 0.119 e. The van der Waals surface area contributed by atoms with Crippen LogP contribution in [0.1, 0.15) is 24.1 Å². The number of nitrogens with zero attached hydrogens (tertiary/aromatic N) is 2. The lowest BCUT2D eigenvalue weighted by Crippen LogP contribution is -2.21. The van der Waals surface area contributed by atoms with Gasteiger partial charge >= 0.3 is 0 Å². The van der Waals surface area contributed by atoms with Crippen LogP contribution in [-0.4, -0.2) is 23.4 Å². The van der Waals surface area contributed by atoms with E-state index in [1.54, 1.807) is 7.11 Å². The zero-order chi connectivity index (χ0) is 13.7. The van der Waals surface area contributed by atoms with E-state index in [0.717, 1.165) is 18.7 Å². The molecule has 102 valence electrons. The lowest BCUT2D eigenvalue weighted by atomic mass is 10.1. The van der Waals surface area contributed by atoms with Gasteiger partial charge in [0.2, 0.25) is 0 Å². The fraction of sp³-hybridized carbons (Fsp3) is 0.400. The fourth-order valence-electron chi connectivity index (χ4n) is 2.04. The molecule has 2 rings (SSSR count). The van der Waals surface area contributed by atoms with Gasteiger partial charge in [-0.15, -0.1) is 0 Å². The first kappa shape index (κ1) is 13.6. The lowest BCUT2D eigenvalue weighted by Gasteiger charge is -2.12. The third kappa shape index (κ3) is 3.83. The third-order valence-corrected chi connectivity index (χ3v) is 3.22. The third-order valence-electron chi connectivity index (χ3n) is 3.22. The summed E-state index contributed by atoms with van der Waals surface area (Å²) in [6, 6.07) is 8.52. The molecule has 0 bridgehead atoms. The first-order valence-corrected chi connectivity index (χ1v) is 6.54. The van der Waals surface area contributed by atoms with E-state index in [1.807, 2.05) is 36.3 Å². The topological polar surface area (TPSA) is 39.1 Å². The maximum absolute atomic E-state index is 5.22. The van der Waals surface area contributed by atoms with Crippen LogP contribution in [-0.2, 0) is 13.5 Å². The molecular formula is C15H21N3O. The van der Waals surface area contributed by atoms with Crippen LogP contribution in [0.5, 0.6) is 5.75 Å². The van der Waals surface area contributed by atoms with Crippen molar-refractivity contribution in [3.05, 3.63) is 47.8 Å². The molecule has 1 heterocycles. The largest absolute Gasteiger partial charge is 0.497 e. The van der Waals surface area contributed by atoms with Crippen LogP contribution in [0.15, 0.2) is 36.7 Å². The molecule has 0 amide bonds. The van der Waals surface area contributed by atoms with E-state index in [-0.39, 0.29) is 0 Å². The van der Waals surface area contributed by atoms with Gasteiger partial charge in [0, 0.05) is 24.8 Å². The number of aryl methyl sites for hydroxylation is 1. The highest BCUT2D eigenvalue weighted by Crippen LogP contribution is 2.14. The number of rotatable bonds is 6. The van der Waals surface area contributed by atoms with Crippen molar-refractivity contribution in [1.29, 1.82) is 0 Å². The van der Waals surface area contributed by atoms with Gasteiger partial charge in [0.1, 0.15) is 5.75 Å². The number of hydrogen-bond donors (Lipinski definition) is 1. The molecule has 0 aliphatic rings. The Kier molecular flexibility index (Phi) is 4.58. The van der Waals surface area contributed by atoms with Crippen LogP contribution in [0.4, 0.5) is 0 Å². The molecule has 0 spiro atoms. The molecule has 0 saturated carbocycles. The standard InChI is InChI=1S/C15H21N3O/c1-12(14-10-17-18(2)11-14)16-8-7-13-5-4-6-15(9-13)19-3/h4-6,9-12,16H,7-8H2,1-3H3. The van der Waals surface area contributed by atoms with Gasteiger partial charge in [-0.25, -0.2) is 0 Å². The van der Waals surface area contributed by atoms with Gasteiger partial charge in [-0.1, -0.05) is 12.1 Å². The molecular weight excluding hydrogens is 238 g/mol. The van der Waals surface area contributed by atoms with Crippen molar-refractivity contribution in [2.75, 3.05) is 13.7 Å². The van der Waals surface area contributed by atoms with E-state index in [0.29, 0.717) is 6.04 Å². The predicted molar refractivity (Wildman–Crippen MR) is 76.3 cm³/mol. The number of aromatic nitrogens is 2. The van der Waals surface area contributed by atoms with E-state index >= 15 is 0 Å². The summed E-state index contributed by atoms with van der Waals surface area (Å²) >= 11 is 0. The summed E-state index contributed by atoms with van der Waals surface area (Å²) in [7, 11) is 3.63. The molecule has 4 heteroatoms. The molecule has 4 nitrogen and oxygen atoms in total. The first-order chi connectivity index (χ1) is 9.19. The Bertz CT molecular complexity index is 522. The summed E-state index contributed by atoms with van der Waals surface area (Å²) in [5.41, 5.74) is 2.50. The summed E-state index contributed by atoms with van der Waals surface area (Å²) in [4.78, 5) is 0. The summed E-state index contributed by atoms with van der Waals surface area (Å²) < 4.78 is 7.05. The Morgan fingerprint density at radius 2 is 2.26 bits per heavy atom. The SMILES string of the molecule is COc1cccc(CCNC(C)c2cnn(C)c2)c1. The zero-order valence-electron chi connectivity index (χ0n) is 11.8. The molecule has 1 N–H and O–H groups in total.